The molecule has 0 bridgehead atoms. The Labute approximate surface area is 167 Å². The van der Waals surface area contributed by atoms with Gasteiger partial charge in [0.05, 0.1) is 12.5 Å². The summed E-state index contributed by atoms with van der Waals surface area (Å²) in [4.78, 5) is 2.48. The minimum Gasteiger partial charge on any atom is -0.371 e. The van der Waals surface area contributed by atoms with Gasteiger partial charge in [0.25, 0.3) is 0 Å². The minimum absolute atomic E-state index is 0.426. The predicted molar refractivity (Wildman–Crippen MR) is 116 cm³/mol. The number of piperidine rings is 1. The summed E-state index contributed by atoms with van der Waals surface area (Å²) in [6, 6.07) is 18.7. The second-order valence-corrected chi connectivity index (χ2v) is 7.61. The lowest BCUT2D eigenvalue weighted by molar-refractivity contribution is 0.447. The highest BCUT2D eigenvalue weighted by Crippen LogP contribution is 2.23. The topological polar surface area (TPSA) is 51.1 Å². The molecule has 4 nitrogen and oxygen atoms in total. The fourth-order valence-electron chi connectivity index (χ4n) is 3.40. The van der Waals surface area contributed by atoms with E-state index >= 15 is 0 Å². The highest BCUT2D eigenvalue weighted by atomic mass is 32.1. The Kier molecular flexibility index (Phi) is 6.67. The Morgan fingerprint density at radius 2 is 1.85 bits per heavy atom. The summed E-state index contributed by atoms with van der Waals surface area (Å²) in [6.45, 7) is 5.33. The van der Waals surface area contributed by atoms with E-state index in [0.29, 0.717) is 18.1 Å². The third-order valence-corrected chi connectivity index (χ3v) is 5.15. The zero-order valence-electron chi connectivity index (χ0n) is 15.7. The van der Waals surface area contributed by atoms with Gasteiger partial charge in [-0.1, -0.05) is 31.2 Å². The van der Waals surface area contributed by atoms with Crippen molar-refractivity contribution in [1.82, 2.24) is 5.32 Å². The predicted octanol–water partition coefficient (Wildman–Crippen LogP) is 4.48. The molecule has 27 heavy (non-hydrogen) atoms. The Morgan fingerprint density at radius 3 is 2.52 bits per heavy atom. The first kappa shape index (κ1) is 19.2. The maximum atomic E-state index is 8.72. The van der Waals surface area contributed by atoms with Gasteiger partial charge in [-0.05, 0) is 66.4 Å². The molecule has 1 fully saturated rings. The Balaban J connectivity index is 1.48. The van der Waals surface area contributed by atoms with E-state index < -0.39 is 0 Å². The number of nitriles is 1. The highest BCUT2D eigenvalue weighted by Gasteiger charge is 2.16. The molecule has 0 amide bonds. The van der Waals surface area contributed by atoms with Gasteiger partial charge >= 0.3 is 0 Å². The van der Waals surface area contributed by atoms with Crippen molar-refractivity contribution in [3.05, 3.63) is 59.7 Å². The average Bonchev–Trinajstić information content (AvgIpc) is 2.68. The van der Waals surface area contributed by atoms with Gasteiger partial charge in [0.15, 0.2) is 5.11 Å². The van der Waals surface area contributed by atoms with Crippen LogP contribution in [0.15, 0.2) is 48.5 Å². The molecular weight excluding hydrogens is 352 g/mol. The fraction of sp³-hybridized carbons (Fsp3) is 0.364. The van der Waals surface area contributed by atoms with Gasteiger partial charge in [-0.3, -0.25) is 0 Å². The molecule has 2 aromatic rings. The van der Waals surface area contributed by atoms with Crippen LogP contribution >= 0.6 is 12.2 Å². The summed E-state index contributed by atoms with van der Waals surface area (Å²) in [5.41, 5.74) is 4.44. The molecule has 1 aliphatic rings. The van der Waals surface area contributed by atoms with Crippen molar-refractivity contribution >= 4 is 28.7 Å². The average molecular weight is 379 g/mol. The molecule has 0 aromatic heterocycles. The van der Waals surface area contributed by atoms with Crippen molar-refractivity contribution in [3.63, 3.8) is 0 Å². The monoisotopic (exact) mass is 378 g/mol. The van der Waals surface area contributed by atoms with E-state index in [-0.39, 0.29) is 0 Å². The highest BCUT2D eigenvalue weighted by molar-refractivity contribution is 7.80. The summed E-state index contributed by atoms with van der Waals surface area (Å²) in [5.74, 6) is 0.775. The molecule has 0 spiro atoms. The van der Waals surface area contributed by atoms with Crippen LogP contribution in [-0.2, 0) is 13.0 Å². The first-order valence-corrected chi connectivity index (χ1v) is 9.89. The van der Waals surface area contributed by atoms with Crippen LogP contribution in [0.4, 0.5) is 11.4 Å². The third-order valence-electron chi connectivity index (χ3n) is 4.91. The molecule has 5 heteroatoms. The molecule has 1 aliphatic heterocycles. The van der Waals surface area contributed by atoms with E-state index in [1.54, 1.807) is 0 Å². The zero-order valence-corrected chi connectivity index (χ0v) is 16.6. The molecule has 140 valence electrons. The second kappa shape index (κ2) is 9.38. The lowest BCUT2D eigenvalue weighted by Gasteiger charge is -2.32. The fourth-order valence-corrected chi connectivity index (χ4v) is 3.59. The number of nitrogens with one attached hydrogen (secondary N) is 2. The lowest BCUT2D eigenvalue weighted by Crippen LogP contribution is -2.34. The van der Waals surface area contributed by atoms with Crippen molar-refractivity contribution in [2.45, 2.75) is 32.7 Å². The van der Waals surface area contributed by atoms with Crippen molar-refractivity contribution in [3.8, 4) is 6.07 Å². The van der Waals surface area contributed by atoms with Crippen LogP contribution in [0, 0.1) is 17.2 Å². The van der Waals surface area contributed by atoms with Gasteiger partial charge in [0, 0.05) is 31.0 Å². The van der Waals surface area contributed by atoms with E-state index in [1.807, 2.05) is 24.3 Å². The number of benzene rings is 2. The minimum atomic E-state index is 0.426. The van der Waals surface area contributed by atoms with Crippen molar-refractivity contribution in [2.75, 3.05) is 23.3 Å². The van der Waals surface area contributed by atoms with Gasteiger partial charge in [-0.25, -0.2) is 0 Å². The Bertz CT molecular complexity index is 793. The van der Waals surface area contributed by atoms with E-state index in [0.717, 1.165) is 30.3 Å². The number of hydrogen-bond donors (Lipinski definition) is 2. The molecular formula is C22H26N4S. The molecule has 1 saturated heterocycles. The van der Waals surface area contributed by atoms with Gasteiger partial charge in [0.2, 0.25) is 0 Å². The number of rotatable bonds is 5. The number of thiocarbonyl (C=S) groups is 1. The van der Waals surface area contributed by atoms with Crippen LogP contribution in [0.3, 0.4) is 0 Å². The van der Waals surface area contributed by atoms with E-state index in [1.165, 1.54) is 24.1 Å². The summed E-state index contributed by atoms with van der Waals surface area (Å²) in [7, 11) is 0. The van der Waals surface area contributed by atoms with E-state index in [9.17, 15) is 0 Å². The SMILES string of the molecule is C[C@@H]1CCCN(c2ccc(CNC(=S)Nc3ccc(CC#N)cc3)cc2)C1. The summed E-state index contributed by atoms with van der Waals surface area (Å²) in [5, 5.41) is 15.7. The van der Waals surface area contributed by atoms with Crippen molar-refractivity contribution < 1.29 is 0 Å². The van der Waals surface area contributed by atoms with E-state index in [4.69, 9.17) is 17.5 Å². The molecule has 0 saturated carbocycles. The third kappa shape index (κ3) is 5.70. The molecule has 2 aromatic carbocycles. The molecule has 3 rings (SSSR count). The van der Waals surface area contributed by atoms with Crippen LogP contribution < -0.4 is 15.5 Å². The van der Waals surface area contributed by atoms with Gasteiger partial charge in [-0.15, -0.1) is 0 Å². The normalized spacial score (nSPS) is 16.4. The smallest absolute Gasteiger partial charge is 0.171 e. The molecule has 1 heterocycles. The van der Waals surface area contributed by atoms with Crippen LogP contribution in [-0.4, -0.2) is 18.2 Å². The molecule has 2 N–H and O–H groups in total. The van der Waals surface area contributed by atoms with Gasteiger partial charge in [-0.2, -0.15) is 5.26 Å². The van der Waals surface area contributed by atoms with Crippen LogP contribution in [0.1, 0.15) is 30.9 Å². The Morgan fingerprint density at radius 1 is 1.15 bits per heavy atom. The van der Waals surface area contributed by atoms with Crippen LogP contribution in [0.2, 0.25) is 0 Å². The largest absolute Gasteiger partial charge is 0.371 e. The molecule has 0 radical (unpaired) electrons. The van der Waals surface area contributed by atoms with Gasteiger partial charge in [0.1, 0.15) is 0 Å². The van der Waals surface area contributed by atoms with Crippen LogP contribution in [0.25, 0.3) is 0 Å². The lowest BCUT2D eigenvalue weighted by atomic mass is 9.99. The van der Waals surface area contributed by atoms with E-state index in [2.05, 4.69) is 52.8 Å². The second-order valence-electron chi connectivity index (χ2n) is 7.20. The number of nitrogens with zero attached hydrogens (tertiary/aromatic N) is 2. The first-order chi connectivity index (χ1) is 13.1. The maximum Gasteiger partial charge on any atom is 0.171 e. The molecule has 0 unspecified atom stereocenters. The van der Waals surface area contributed by atoms with Crippen molar-refractivity contribution in [2.24, 2.45) is 5.92 Å². The quantitative estimate of drug-likeness (QED) is 0.752. The number of anilines is 2. The summed E-state index contributed by atoms with van der Waals surface area (Å²) < 4.78 is 0. The van der Waals surface area contributed by atoms with Crippen molar-refractivity contribution in [1.29, 1.82) is 5.26 Å². The summed E-state index contributed by atoms with van der Waals surface area (Å²) in [6.07, 6.45) is 3.04. The standard InChI is InChI=1S/C22H26N4S/c1-17-3-2-14-26(16-17)21-10-6-19(7-11-21)15-24-22(27)25-20-8-4-18(5-9-20)12-13-23/h4-11,17H,2-3,12,14-16H2,1H3,(H2,24,25,27)/t17-/m1/s1. The zero-order chi connectivity index (χ0) is 19.1. The molecule has 0 aliphatic carbocycles. The first-order valence-electron chi connectivity index (χ1n) is 9.48. The maximum absolute atomic E-state index is 8.72. The Hall–Kier alpha value is -2.58. The van der Waals surface area contributed by atoms with Gasteiger partial charge < -0.3 is 15.5 Å². The summed E-state index contributed by atoms with van der Waals surface area (Å²) >= 11 is 5.38. The van der Waals surface area contributed by atoms with Crippen LogP contribution in [0.5, 0.6) is 0 Å². The molecule has 1 atom stereocenters. The number of hydrogen-bond acceptors (Lipinski definition) is 3.